The van der Waals surface area contributed by atoms with Crippen LogP contribution in [0.3, 0.4) is 0 Å². The van der Waals surface area contributed by atoms with E-state index in [1.807, 2.05) is 0 Å². The fourth-order valence-corrected chi connectivity index (χ4v) is 2.40. The van der Waals surface area contributed by atoms with Crippen LogP contribution in [0.5, 0.6) is 0 Å². The summed E-state index contributed by atoms with van der Waals surface area (Å²) >= 11 is 5.18. The Bertz CT molecular complexity index is 362. The maximum atomic E-state index is 8.93. The van der Waals surface area contributed by atoms with Gasteiger partial charge in [-0.1, -0.05) is 11.4 Å². The van der Waals surface area contributed by atoms with E-state index in [1.165, 1.54) is 0 Å². The van der Waals surface area contributed by atoms with Crippen LogP contribution in [0.4, 0.5) is 11.9 Å². The second-order valence-corrected chi connectivity index (χ2v) is 8.28. The van der Waals surface area contributed by atoms with Gasteiger partial charge >= 0.3 is 0 Å². The van der Waals surface area contributed by atoms with E-state index in [2.05, 4.69) is 26.8 Å². The zero-order valence-electron chi connectivity index (χ0n) is 6.86. The summed E-state index contributed by atoms with van der Waals surface area (Å²) in [6.07, 6.45) is 0. The minimum atomic E-state index is -3.29. The molecule has 0 amide bonds. The molecule has 14 heavy (non-hydrogen) atoms. The van der Waals surface area contributed by atoms with Gasteiger partial charge in [0.25, 0.3) is 0 Å². The van der Waals surface area contributed by atoms with Crippen molar-refractivity contribution in [3.63, 3.8) is 0 Å². The maximum Gasteiger partial charge on any atom is 0.242 e. The minimum absolute atomic E-state index is 0.00252. The molecule has 0 aliphatic carbocycles. The Balaban J connectivity index is 2.73. The minimum Gasteiger partial charge on any atom is -0.368 e. The van der Waals surface area contributed by atoms with Gasteiger partial charge in [0, 0.05) is 0 Å². The monoisotopic (exact) mass is 253 g/mol. The van der Waals surface area contributed by atoms with Crippen molar-refractivity contribution in [3.05, 3.63) is 5.82 Å². The summed E-state index contributed by atoms with van der Waals surface area (Å²) in [4.78, 5) is 28.9. The molecule has 0 saturated heterocycles. The molecule has 6 N–H and O–H groups in total. The summed E-state index contributed by atoms with van der Waals surface area (Å²) < 4.78 is 0. The predicted octanol–water partition coefficient (Wildman–Crippen LogP) is -0.522. The molecule has 0 aromatic carbocycles. The Hall–Kier alpha value is -0.470. The molecule has 0 fully saturated rings. The molecule has 1 aromatic heterocycles. The zero-order chi connectivity index (χ0) is 10.8. The Labute approximate surface area is 88.9 Å². The SMILES string of the molecule is Nc1nc(N)nc(CSP(O)(O)=S)n1. The third-order valence-electron chi connectivity index (χ3n) is 1.08. The summed E-state index contributed by atoms with van der Waals surface area (Å²) in [5, 5.41) is 0. The van der Waals surface area contributed by atoms with Crippen LogP contribution >= 0.6 is 17.1 Å². The molecule has 1 heterocycles. The lowest BCUT2D eigenvalue weighted by Crippen LogP contribution is -2.05. The number of nitrogens with two attached hydrogens (primary N) is 2. The Morgan fingerprint density at radius 3 is 2.14 bits per heavy atom. The van der Waals surface area contributed by atoms with E-state index in [0.29, 0.717) is 0 Å². The van der Waals surface area contributed by atoms with Crippen LogP contribution in [0.1, 0.15) is 5.82 Å². The first-order chi connectivity index (χ1) is 6.37. The topological polar surface area (TPSA) is 131 Å². The fraction of sp³-hybridized carbons (Fsp3) is 0.250. The van der Waals surface area contributed by atoms with Crippen molar-refractivity contribution in [1.82, 2.24) is 15.0 Å². The van der Waals surface area contributed by atoms with Gasteiger partial charge in [0.15, 0.2) is 0 Å². The van der Waals surface area contributed by atoms with E-state index in [1.54, 1.807) is 0 Å². The summed E-state index contributed by atoms with van der Waals surface area (Å²) in [5.41, 5.74) is 7.32. The molecule has 0 aliphatic heterocycles. The summed E-state index contributed by atoms with van der Waals surface area (Å²) in [6, 6.07) is 0. The molecule has 78 valence electrons. The van der Waals surface area contributed by atoms with Crippen molar-refractivity contribution in [1.29, 1.82) is 0 Å². The van der Waals surface area contributed by atoms with E-state index < -0.39 is 5.69 Å². The predicted molar refractivity (Wildman–Crippen MR) is 58.7 cm³/mol. The van der Waals surface area contributed by atoms with Crippen LogP contribution in [0.2, 0.25) is 0 Å². The van der Waals surface area contributed by atoms with Gasteiger partial charge in [-0.15, -0.1) is 0 Å². The highest BCUT2D eigenvalue weighted by molar-refractivity contribution is 8.67. The molecule has 0 unspecified atom stereocenters. The van der Waals surface area contributed by atoms with Crippen molar-refractivity contribution >= 4 is 40.8 Å². The van der Waals surface area contributed by atoms with Gasteiger partial charge in [0.2, 0.25) is 17.6 Å². The van der Waals surface area contributed by atoms with Gasteiger partial charge in [-0.2, -0.15) is 15.0 Å². The highest BCUT2D eigenvalue weighted by Crippen LogP contribution is 2.51. The molecule has 0 radical (unpaired) electrons. The van der Waals surface area contributed by atoms with Crippen LogP contribution in [0, 0.1) is 0 Å². The Morgan fingerprint density at radius 2 is 1.71 bits per heavy atom. The molecule has 10 heteroatoms. The molecule has 0 spiro atoms. The number of anilines is 2. The second kappa shape index (κ2) is 4.37. The van der Waals surface area contributed by atoms with Crippen LogP contribution in [0.25, 0.3) is 0 Å². The van der Waals surface area contributed by atoms with E-state index in [4.69, 9.17) is 21.3 Å². The number of aromatic nitrogens is 3. The van der Waals surface area contributed by atoms with Crippen molar-refractivity contribution in [2.45, 2.75) is 5.75 Å². The van der Waals surface area contributed by atoms with Crippen LogP contribution in [0.15, 0.2) is 0 Å². The standard InChI is InChI=1S/C4H8N5O2PS2/c5-3-7-2(8-4(6)9-3)1-14-12(10,11)13/h1H2,(H2,10,11,13)(H4,5,6,7,8,9). The van der Waals surface area contributed by atoms with Gasteiger partial charge in [0.1, 0.15) is 5.82 Å². The first-order valence-corrected chi connectivity index (χ1v) is 7.62. The summed E-state index contributed by atoms with van der Waals surface area (Å²) in [6.45, 7) is 0. The fourth-order valence-electron chi connectivity index (χ4n) is 0.663. The average molecular weight is 253 g/mol. The van der Waals surface area contributed by atoms with Gasteiger partial charge < -0.3 is 21.3 Å². The number of hydrogen-bond acceptors (Lipinski definition) is 7. The first kappa shape index (κ1) is 11.6. The van der Waals surface area contributed by atoms with Crippen LogP contribution in [-0.4, -0.2) is 24.7 Å². The number of rotatable bonds is 3. The molecule has 0 saturated carbocycles. The lowest BCUT2D eigenvalue weighted by Gasteiger charge is -2.05. The van der Waals surface area contributed by atoms with E-state index in [9.17, 15) is 0 Å². The Kier molecular flexibility index (Phi) is 3.62. The van der Waals surface area contributed by atoms with E-state index in [0.717, 1.165) is 11.4 Å². The zero-order valence-corrected chi connectivity index (χ0v) is 9.39. The van der Waals surface area contributed by atoms with Gasteiger partial charge in [-0.25, -0.2) is 0 Å². The lowest BCUT2D eigenvalue weighted by atomic mass is 10.7. The summed E-state index contributed by atoms with van der Waals surface area (Å²) in [5.74, 6) is 0.410. The van der Waals surface area contributed by atoms with E-state index in [-0.39, 0.29) is 23.5 Å². The highest BCUT2D eigenvalue weighted by Gasteiger charge is 2.10. The van der Waals surface area contributed by atoms with Gasteiger partial charge in [-0.05, 0) is 11.8 Å². The molecular formula is C4H8N5O2PS2. The molecule has 1 rings (SSSR count). The van der Waals surface area contributed by atoms with Gasteiger partial charge in [-0.3, -0.25) is 0 Å². The Morgan fingerprint density at radius 1 is 1.21 bits per heavy atom. The second-order valence-electron chi connectivity index (χ2n) is 2.23. The van der Waals surface area contributed by atoms with Crippen LogP contribution < -0.4 is 11.5 Å². The number of nitrogens with zero attached hydrogens (tertiary/aromatic N) is 3. The molecule has 0 bridgehead atoms. The third kappa shape index (κ3) is 4.16. The summed E-state index contributed by atoms with van der Waals surface area (Å²) in [7, 11) is 0. The quantitative estimate of drug-likeness (QED) is 0.525. The maximum absolute atomic E-state index is 8.93. The highest BCUT2D eigenvalue weighted by atomic mass is 32.9. The lowest BCUT2D eigenvalue weighted by molar-refractivity contribution is 0.502. The van der Waals surface area contributed by atoms with Crippen LogP contribution in [-0.2, 0) is 17.6 Å². The smallest absolute Gasteiger partial charge is 0.242 e. The molecular weight excluding hydrogens is 245 g/mol. The molecule has 0 aliphatic rings. The number of hydrogen-bond donors (Lipinski definition) is 4. The first-order valence-electron chi connectivity index (χ1n) is 3.33. The van der Waals surface area contributed by atoms with E-state index >= 15 is 0 Å². The molecule has 1 aromatic rings. The normalized spacial score (nSPS) is 11.6. The molecule has 0 atom stereocenters. The van der Waals surface area contributed by atoms with Crippen molar-refractivity contribution in [2.24, 2.45) is 0 Å². The largest absolute Gasteiger partial charge is 0.368 e. The number of nitrogen functional groups attached to an aromatic ring is 2. The third-order valence-corrected chi connectivity index (χ3v) is 4.15. The van der Waals surface area contributed by atoms with Crippen molar-refractivity contribution in [2.75, 3.05) is 11.5 Å². The van der Waals surface area contributed by atoms with Crippen molar-refractivity contribution < 1.29 is 9.79 Å². The average Bonchev–Trinajstić information content (AvgIpc) is 1.97. The van der Waals surface area contributed by atoms with Gasteiger partial charge in [0.05, 0.1) is 5.75 Å². The molecule has 7 nitrogen and oxygen atoms in total. The van der Waals surface area contributed by atoms with Crippen molar-refractivity contribution in [3.8, 4) is 0 Å².